The highest BCUT2D eigenvalue weighted by Gasteiger charge is 2.13. The van der Waals surface area contributed by atoms with E-state index < -0.39 is 16.4 Å². The lowest BCUT2D eigenvalue weighted by Crippen LogP contribution is -1.96. The van der Waals surface area contributed by atoms with Crippen LogP contribution >= 0.6 is 10.6 Å². The molecular formula is C11H19FO2S. The van der Waals surface area contributed by atoms with E-state index in [9.17, 15) is 13.5 Å². The third-order valence-electron chi connectivity index (χ3n) is 1.84. The maximum atomic E-state index is 13.2. The van der Waals surface area contributed by atoms with E-state index in [0.717, 1.165) is 0 Å². The summed E-state index contributed by atoms with van der Waals surface area (Å²) < 4.78 is 31.8. The first-order chi connectivity index (χ1) is 6.91. The smallest absolute Gasteiger partial charge is 0.127 e. The molecule has 1 rings (SSSR count). The minimum atomic E-state index is -2.79. The van der Waals surface area contributed by atoms with Crippen molar-refractivity contribution in [2.24, 2.45) is 0 Å². The minimum absolute atomic E-state index is 0.276. The van der Waals surface area contributed by atoms with Crippen molar-refractivity contribution >= 4 is 10.6 Å². The van der Waals surface area contributed by atoms with Crippen LogP contribution in [0.15, 0.2) is 34.5 Å². The van der Waals surface area contributed by atoms with Crippen LogP contribution in [0, 0.1) is 0 Å². The summed E-state index contributed by atoms with van der Waals surface area (Å²) in [6, 6.07) is 0. The maximum Gasteiger partial charge on any atom is 0.127 e. The number of hydrogen-bond donors (Lipinski definition) is 2. The van der Waals surface area contributed by atoms with Gasteiger partial charge in [-0.1, -0.05) is 26.0 Å². The van der Waals surface area contributed by atoms with Gasteiger partial charge in [0.25, 0.3) is 0 Å². The summed E-state index contributed by atoms with van der Waals surface area (Å²) in [6.07, 6.45) is 6.36. The average molecular weight is 234 g/mol. The first kappa shape index (κ1) is 14.4. The molecular weight excluding hydrogens is 215 g/mol. The summed E-state index contributed by atoms with van der Waals surface area (Å²) in [5.41, 5.74) is 0.537. The van der Waals surface area contributed by atoms with Crippen molar-refractivity contribution in [1.82, 2.24) is 0 Å². The molecule has 15 heavy (non-hydrogen) atoms. The Morgan fingerprint density at radius 3 is 2.27 bits per heavy atom. The standard InChI is InChI=1S/C9H13FO2S.C2H6/c1-7-4-3-5-8(6-9(7)10)13(2,11)12;1-2/h4-6,11-12H,3H2,1-2H3;1-2H3. The van der Waals surface area contributed by atoms with Crippen molar-refractivity contribution in [1.29, 1.82) is 0 Å². The van der Waals surface area contributed by atoms with Gasteiger partial charge in [0, 0.05) is 6.26 Å². The fraction of sp³-hybridized carbons (Fsp3) is 0.455. The molecule has 0 spiro atoms. The Balaban J connectivity index is 0.000000921. The summed E-state index contributed by atoms with van der Waals surface area (Å²) in [4.78, 5) is 0.276. The first-order valence-electron chi connectivity index (χ1n) is 4.89. The van der Waals surface area contributed by atoms with Crippen molar-refractivity contribution in [3.05, 3.63) is 34.5 Å². The largest absolute Gasteiger partial charge is 0.295 e. The number of hydrogen-bond acceptors (Lipinski definition) is 2. The van der Waals surface area contributed by atoms with Crippen molar-refractivity contribution in [2.75, 3.05) is 6.26 Å². The predicted molar refractivity (Wildman–Crippen MR) is 65.8 cm³/mol. The molecule has 88 valence electrons. The van der Waals surface area contributed by atoms with Gasteiger partial charge in [0.2, 0.25) is 0 Å². The molecule has 0 radical (unpaired) electrons. The Bertz CT molecular complexity index is 298. The molecule has 4 heteroatoms. The SMILES string of the molecule is CC.CC1=CCC=C(S(C)(O)O)C=C1F. The van der Waals surface area contributed by atoms with E-state index in [2.05, 4.69) is 0 Å². The lowest BCUT2D eigenvalue weighted by Gasteiger charge is -2.27. The van der Waals surface area contributed by atoms with Crippen LogP contribution in [0.25, 0.3) is 0 Å². The summed E-state index contributed by atoms with van der Waals surface area (Å²) in [7, 11) is -2.79. The van der Waals surface area contributed by atoms with Crippen molar-refractivity contribution in [2.45, 2.75) is 27.2 Å². The molecule has 0 heterocycles. The van der Waals surface area contributed by atoms with E-state index >= 15 is 0 Å². The van der Waals surface area contributed by atoms with E-state index in [1.807, 2.05) is 13.8 Å². The van der Waals surface area contributed by atoms with E-state index in [-0.39, 0.29) is 4.91 Å². The van der Waals surface area contributed by atoms with Crippen LogP contribution in [-0.4, -0.2) is 15.4 Å². The number of allylic oxidation sites excluding steroid dienone is 5. The molecule has 1 aliphatic rings. The molecule has 0 aromatic rings. The average Bonchev–Trinajstić information content (AvgIpc) is 2.32. The van der Waals surface area contributed by atoms with Crippen LogP contribution in [-0.2, 0) is 0 Å². The van der Waals surface area contributed by atoms with Gasteiger partial charge >= 0.3 is 0 Å². The highest BCUT2D eigenvalue weighted by Crippen LogP contribution is 2.45. The fourth-order valence-electron chi connectivity index (χ4n) is 1.02. The van der Waals surface area contributed by atoms with E-state index in [4.69, 9.17) is 0 Å². The van der Waals surface area contributed by atoms with Gasteiger partial charge in [-0.3, -0.25) is 9.11 Å². The number of halogens is 1. The van der Waals surface area contributed by atoms with Crippen LogP contribution in [0.1, 0.15) is 27.2 Å². The van der Waals surface area contributed by atoms with Crippen LogP contribution in [0.3, 0.4) is 0 Å². The van der Waals surface area contributed by atoms with Gasteiger partial charge in [-0.15, -0.1) is 0 Å². The van der Waals surface area contributed by atoms with E-state index in [1.54, 1.807) is 19.1 Å². The summed E-state index contributed by atoms with van der Waals surface area (Å²) >= 11 is 0. The monoisotopic (exact) mass is 234 g/mol. The first-order valence-corrected chi connectivity index (χ1v) is 6.84. The molecule has 0 aromatic carbocycles. The predicted octanol–water partition coefficient (Wildman–Crippen LogP) is 4.48. The molecule has 2 N–H and O–H groups in total. The Morgan fingerprint density at radius 2 is 1.80 bits per heavy atom. The molecule has 0 bridgehead atoms. The summed E-state index contributed by atoms with van der Waals surface area (Å²) in [5.74, 6) is -0.398. The number of rotatable bonds is 1. The van der Waals surface area contributed by atoms with Crippen molar-refractivity contribution in [3.8, 4) is 0 Å². The zero-order valence-electron chi connectivity index (χ0n) is 9.62. The molecule has 0 amide bonds. The van der Waals surface area contributed by atoms with Crippen LogP contribution < -0.4 is 0 Å². The zero-order valence-corrected chi connectivity index (χ0v) is 10.4. The normalized spacial score (nSPS) is 17.7. The molecule has 0 aliphatic heterocycles. The molecule has 0 atom stereocenters. The zero-order chi connectivity index (χ0) is 12.1. The van der Waals surface area contributed by atoms with Gasteiger partial charge in [-0.25, -0.2) is 4.39 Å². The fourth-order valence-corrected chi connectivity index (χ4v) is 1.76. The topological polar surface area (TPSA) is 40.5 Å². The highest BCUT2D eigenvalue weighted by atomic mass is 32.3. The molecule has 1 aliphatic carbocycles. The van der Waals surface area contributed by atoms with Gasteiger partial charge in [0.05, 0.1) is 4.91 Å². The Hall–Kier alpha value is -0.580. The quantitative estimate of drug-likeness (QED) is 0.702. The second-order valence-electron chi connectivity index (χ2n) is 3.06. The lowest BCUT2D eigenvalue weighted by molar-refractivity contribution is 0.504. The molecule has 0 saturated carbocycles. The van der Waals surface area contributed by atoms with Gasteiger partial charge in [-0.2, -0.15) is 10.6 Å². The summed E-state index contributed by atoms with van der Waals surface area (Å²) in [6.45, 7) is 5.66. The third kappa shape index (κ3) is 4.64. The van der Waals surface area contributed by atoms with Crippen molar-refractivity contribution < 1.29 is 13.5 Å². The van der Waals surface area contributed by atoms with Gasteiger partial charge in [-0.05, 0) is 25.0 Å². The molecule has 0 saturated heterocycles. The highest BCUT2D eigenvalue weighted by molar-refractivity contribution is 8.27. The second kappa shape index (κ2) is 6.10. The minimum Gasteiger partial charge on any atom is -0.295 e. The van der Waals surface area contributed by atoms with E-state index in [0.29, 0.717) is 12.0 Å². The Morgan fingerprint density at radius 1 is 1.27 bits per heavy atom. The molecule has 0 fully saturated rings. The van der Waals surface area contributed by atoms with Gasteiger partial charge in [0.1, 0.15) is 5.83 Å². The third-order valence-corrected chi connectivity index (χ3v) is 3.01. The van der Waals surface area contributed by atoms with Crippen LogP contribution in [0.4, 0.5) is 4.39 Å². The summed E-state index contributed by atoms with van der Waals surface area (Å²) in [5, 5.41) is 0. The van der Waals surface area contributed by atoms with Gasteiger partial charge in [0.15, 0.2) is 0 Å². The maximum absolute atomic E-state index is 13.2. The van der Waals surface area contributed by atoms with Gasteiger partial charge < -0.3 is 0 Å². The molecule has 0 aromatic heterocycles. The molecule has 0 unspecified atom stereocenters. The Labute approximate surface area is 92.6 Å². The van der Waals surface area contributed by atoms with Crippen LogP contribution in [0.2, 0.25) is 0 Å². The lowest BCUT2D eigenvalue weighted by atomic mass is 10.2. The Kier molecular flexibility index (Phi) is 5.87. The molecule has 2 nitrogen and oxygen atoms in total. The van der Waals surface area contributed by atoms with E-state index in [1.165, 1.54) is 12.3 Å². The van der Waals surface area contributed by atoms with Crippen LogP contribution in [0.5, 0.6) is 0 Å². The van der Waals surface area contributed by atoms with Crippen molar-refractivity contribution in [3.63, 3.8) is 0 Å². The second-order valence-corrected chi connectivity index (χ2v) is 5.19.